The molecule has 182 valence electrons. The highest BCUT2D eigenvalue weighted by Gasteiger charge is 2.66. The Morgan fingerprint density at radius 2 is 1.97 bits per heavy atom. The Kier molecular flexibility index (Phi) is 5.40. The van der Waals surface area contributed by atoms with Crippen molar-refractivity contribution >= 4 is 33.6 Å². The highest BCUT2D eigenvalue weighted by Crippen LogP contribution is 2.61. The summed E-state index contributed by atoms with van der Waals surface area (Å²) in [5.41, 5.74) is 2.75. The van der Waals surface area contributed by atoms with Crippen LogP contribution in [0.4, 0.5) is 4.79 Å². The maximum absolute atomic E-state index is 12.7. The lowest BCUT2D eigenvalue weighted by Gasteiger charge is -2.41. The van der Waals surface area contributed by atoms with Crippen LogP contribution in [0.5, 0.6) is 5.75 Å². The van der Waals surface area contributed by atoms with E-state index in [0.717, 1.165) is 39.0 Å². The van der Waals surface area contributed by atoms with Crippen molar-refractivity contribution in [2.45, 2.75) is 56.8 Å². The monoisotopic (exact) mass is 535 g/mol. The summed E-state index contributed by atoms with van der Waals surface area (Å²) in [4.78, 5) is 19.7. The molecule has 3 aliphatic rings. The third-order valence-electron chi connectivity index (χ3n) is 7.02. The van der Waals surface area contributed by atoms with Gasteiger partial charge in [-0.25, -0.2) is 9.79 Å². The van der Waals surface area contributed by atoms with E-state index >= 15 is 0 Å². The fraction of sp³-hybridized carbons (Fsp3) is 0.357. The zero-order chi connectivity index (χ0) is 25.2. The Bertz CT molecular complexity index is 1290. The number of fused-ring (bicyclic) bond motifs is 4. The number of halogens is 1. The number of ether oxygens (including phenoxy) is 2. The number of rotatable bonds is 0. The van der Waals surface area contributed by atoms with Gasteiger partial charge in [0.1, 0.15) is 17.0 Å². The van der Waals surface area contributed by atoms with Crippen LogP contribution >= 0.6 is 15.9 Å². The second-order valence-electron chi connectivity index (χ2n) is 10.5. The van der Waals surface area contributed by atoms with Gasteiger partial charge in [-0.15, -0.1) is 0 Å². The van der Waals surface area contributed by atoms with E-state index in [-0.39, 0.29) is 0 Å². The molecule has 2 aromatic carbocycles. The zero-order valence-corrected chi connectivity index (χ0v) is 22.2. The fourth-order valence-corrected chi connectivity index (χ4v) is 5.86. The molecule has 2 aromatic rings. The zero-order valence-electron chi connectivity index (χ0n) is 20.6. The lowest BCUT2D eigenvalue weighted by molar-refractivity contribution is 0.0313. The van der Waals surface area contributed by atoms with Crippen LogP contribution in [-0.2, 0) is 16.7 Å². The predicted molar refractivity (Wildman–Crippen MR) is 141 cm³/mol. The SMILES string of the molecule is C=C1CC2(CCc3ccccc31)Oc1ccc(Br)cc1C21N=C(NC(=O)OC(C)(C)C)N(C)C1=C. The standard InChI is InChI=1S/C28H30BrN3O3/c1-17-16-27(14-13-19-9-7-8-10-21(17)19)28(22-15-20(29)11-12-23(22)34-27)18(2)32(6)24(31-28)30-25(33)35-26(3,4)5/h7-12,15H,1-2,13-14,16H2,3-6H3,(H,30,31,33). The summed E-state index contributed by atoms with van der Waals surface area (Å²) in [6.07, 6.45) is 1.54. The normalized spacial score (nSPS) is 25.2. The number of hydrogen-bond donors (Lipinski definition) is 1. The van der Waals surface area contributed by atoms with Crippen molar-refractivity contribution in [3.8, 4) is 5.75 Å². The maximum atomic E-state index is 12.7. The molecule has 1 amide bonds. The summed E-state index contributed by atoms with van der Waals surface area (Å²) >= 11 is 3.63. The van der Waals surface area contributed by atoms with Gasteiger partial charge in [-0.3, -0.25) is 5.32 Å². The van der Waals surface area contributed by atoms with E-state index in [9.17, 15) is 4.79 Å². The van der Waals surface area contributed by atoms with E-state index in [2.05, 4.69) is 52.6 Å². The molecule has 2 spiro atoms. The summed E-state index contributed by atoms with van der Waals surface area (Å²) in [6.45, 7) is 14.4. The molecule has 6 nitrogen and oxygen atoms in total. The number of guanidine groups is 1. The van der Waals surface area contributed by atoms with Crippen LogP contribution in [0, 0.1) is 0 Å². The topological polar surface area (TPSA) is 63.2 Å². The van der Waals surface area contributed by atoms with Crippen LogP contribution < -0.4 is 10.1 Å². The number of nitrogens with zero attached hydrogens (tertiary/aromatic N) is 2. The molecule has 0 radical (unpaired) electrons. The van der Waals surface area contributed by atoms with Crippen molar-refractivity contribution in [1.29, 1.82) is 0 Å². The van der Waals surface area contributed by atoms with Crippen molar-refractivity contribution in [2.24, 2.45) is 4.99 Å². The van der Waals surface area contributed by atoms with Gasteiger partial charge in [-0.05, 0) is 68.5 Å². The molecule has 1 N–H and O–H groups in total. The molecule has 7 heteroatoms. The van der Waals surface area contributed by atoms with Gasteiger partial charge in [0, 0.05) is 29.2 Å². The molecule has 1 aliphatic carbocycles. The molecule has 2 atom stereocenters. The van der Waals surface area contributed by atoms with Crippen LogP contribution in [-0.4, -0.2) is 35.2 Å². The van der Waals surface area contributed by atoms with E-state index in [1.54, 1.807) is 0 Å². The number of likely N-dealkylation sites (N-methyl/N-ethyl adjacent to an activating group) is 1. The predicted octanol–water partition coefficient (Wildman–Crippen LogP) is 6.17. The van der Waals surface area contributed by atoms with Gasteiger partial charge in [0.05, 0.1) is 0 Å². The van der Waals surface area contributed by atoms with Crippen LogP contribution in [0.3, 0.4) is 0 Å². The van der Waals surface area contributed by atoms with Crippen LogP contribution in [0.2, 0.25) is 0 Å². The highest BCUT2D eigenvalue weighted by atomic mass is 79.9. The molecule has 2 aliphatic heterocycles. The third-order valence-corrected chi connectivity index (χ3v) is 7.51. The summed E-state index contributed by atoms with van der Waals surface area (Å²) in [5.74, 6) is 1.15. The Labute approximate surface area is 214 Å². The number of hydrogen-bond acceptors (Lipinski definition) is 5. The van der Waals surface area contributed by atoms with E-state index in [4.69, 9.17) is 14.5 Å². The number of carbonyl (C=O) groups excluding carboxylic acids is 1. The molecule has 0 bridgehead atoms. The maximum Gasteiger partial charge on any atom is 0.414 e. The van der Waals surface area contributed by atoms with Crippen molar-refractivity contribution in [2.75, 3.05) is 7.05 Å². The van der Waals surface area contributed by atoms with E-state index < -0.39 is 22.8 Å². The van der Waals surface area contributed by atoms with Crippen molar-refractivity contribution < 1.29 is 14.3 Å². The van der Waals surface area contributed by atoms with Gasteiger partial charge < -0.3 is 14.4 Å². The van der Waals surface area contributed by atoms with Gasteiger partial charge >= 0.3 is 6.09 Å². The molecule has 35 heavy (non-hydrogen) atoms. The first-order valence-electron chi connectivity index (χ1n) is 11.7. The fourth-order valence-electron chi connectivity index (χ4n) is 5.50. The molecule has 0 saturated carbocycles. The van der Waals surface area contributed by atoms with Gasteiger partial charge in [0.25, 0.3) is 0 Å². The number of amides is 1. The molecule has 0 saturated heterocycles. The third kappa shape index (κ3) is 3.68. The number of aryl methyl sites for hydroxylation is 1. The highest BCUT2D eigenvalue weighted by molar-refractivity contribution is 9.10. The van der Waals surface area contributed by atoms with Crippen LogP contribution in [0.1, 0.15) is 50.3 Å². The van der Waals surface area contributed by atoms with E-state index in [1.807, 2.05) is 57.0 Å². The van der Waals surface area contributed by atoms with Crippen molar-refractivity contribution in [3.05, 3.63) is 82.5 Å². The van der Waals surface area contributed by atoms with Crippen molar-refractivity contribution in [3.63, 3.8) is 0 Å². The average molecular weight is 536 g/mol. The lowest BCUT2D eigenvalue weighted by Crippen LogP contribution is -2.51. The van der Waals surface area contributed by atoms with Gasteiger partial charge in [-0.2, -0.15) is 0 Å². The van der Waals surface area contributed by atoms with Crippen LogP contribution in [0.25, 0.3) is 5.57 Å². The van der Waals surface area contributed by atoms with Gasteiger partial charge in [-0.1, -0.05) is 53.4 Å². The quantitative estimate of drug-likeness (QED) is 0.438. The largest absolute Gasteiger partial charge is 0.483 e. The molecule has 5 rings (SSSR count). The van der Waals surface area contributed by atoms with E-state index in [1.165, 1.54) is 5.56 Å². The number of aliphatic imine (C=N–C) groups is 1. The first-order valence-corrected chi connectivity index (χ1v) is 12.5. The first-order chi connectivity index (χ1) is 16.5. The minimum Gasteiger partial charge on any atom is -0.483 e. The molecule has 0 fully saturated rings. The molecule has 0 aromatic heterocycles. The second kappa shape index (κ2) is 7.98. The first kappa shape index (κ1) is 23.7. The Balaban J connectivity index is 1.65. The van der Waals surface area contributed by atoms with E-state index in [0.29, 0.717) is 18.8 Å². The summed E-state index contributed by atoms with van der Waals surface area (Å²) in [6, 6.07) is 14.4. The summed E-state index contributed by atoms with van der Waals surface area (Å²) < 4.78 is 13.3. The Morgan fingerprint density at radius 1 is 1.23 bits per heavy atom. The molecular weight excluding hydrogens is 506 g/mol. The second-order valence-corrected chi connectivity index (χ2v) is 11.4. The van der Waals surface area contributed by atoms with Crippen molar-refractivity contribution in [1.82, 2.24) is 10.2 Å². The summed E-state index contributed by atoms with van der Waals surface area (Å²) in [7, 11) is 1.86. The molecule has 2 unspecified atom stereocenters. The number of carbonyl (C=O) groups is 1. The Morgan fingerprint density at radius 3 is 2.71 bits per heavy atom. The minimum absolute atomic E-state index is 0.382. The molecular formula is C28H30BrN3O3. The number of nitrogens with one attached hydrogen (secondary N) is 1. The minimum atomic E-state index is -0.934. The smallest absolute Gasteiger partial charge is 0.414 e. The Hall–Kier alpha value is -3.06. The van der Waals surface area contributed by atoms with Gasteiger partial charge in [0.2, 0.25) is 5.96 Å². The number of alkyl carbamates (subject to hydrolysis) is 1. The lowest BCUT2D eigenvalue weighted by atomic mass is 9.70. The average Bonchev–Trinajstić information content (AvgIpc) is 3.11. The van der Waals surface area contributed by atoms with Crippen LogP contribution in [0.15, 0.2) is 70.8 Å². The summed E-state index contributed by atoms with van der Waals surface area (Å²) in [5, 5.41) is 2.84. The number of benzene rings is 2. The van der Waals surface area contributed by atoms with Gasteiger partial charge in [0.15, 0.2) is 5.54 Å². The molecule has 2 heterocycles.